The Hall–Kier alpha value is -4.25. The van der Waals surface area contributed by atoms with E-state index in [2.05, 4.69) is 26.2 Å². The largest absolute Gasteiger partial charge is 0.489 e. The zero-order valence-electron chi connectivity index (χ0n) is 25.0. The van der Waals surface area contributed by atoms with Crippen LogP contribution in [0.4, 0.5) is 0 Å². The first kappa shape index (κ1) is 29.5. The molecule has 1 aliphatic carbocycles. The third-order valence-electron chi connectivity index (χ3n) is 9.61. The Labute approximate surface area is 269 Å². The van der Waals surface area contributed by atoms with Crippen LogP contribution < -0.4 is 4.74 Å². The van der Waals surface area contributed by atoms with Crippen molar-refractivity contribution in [3.05, 3.63) is 86.9 Å². The molecule has 1 aromatic heterocycles. The molecule has 11 heteroatoms. The second-order valence-electron chi connectivity index (χ2n) is 12.2. The van der Waals surface area contributed by atoms with Crippen LogP contribution in [0.15, 0.2) is 59.1 Å². The summed E-state index contributed by atoms with van der Waals surface area (Å²) in [5.41, 5.74) is 6.15. The topological polar surface area (TPSA) is 118 Å². The van der Waals surface area contributed by atoms with E-state index >= 15 is 0 Å². The number of carboxylic acids is 1. The van der Waals surface area contributed by atoms with Gasteiger partial charge in [0.2, 0.25) is 5.91 Å². The van der Waals surface area contributed by atoms with Crippen LogP contribution in [0.2, 0.25) is 0 Å². The summed E-state index contributed by atoms with van der Waals surface area (Å²) in [6, 6.07) is 16.9. The lowest BCUT2D eigenvalue weighted by Crippen LogP contribution is -2.50. The number of carbonyl (C=O) groups is 3. The summed E-state index contributed by atoms with van der Waals surface area (Å²) in [7, 11) is 1.85. The van der Waals surface area contributed by atoms with E-state index in [1.54, 1.807) is 9.58 Å². The van der Waals surface area contributed by atoms with E-state index in [0.717, 1.165) is 50.6 Å². The number of ether oxygens (including phenoxy) is 1. The van der Waals surface area contributed by atoms with Crippen LogP contribution in [0.3, 0.4) is 0 Å². The molecule has 2 amide bonds. The van der Waals surface area contributed by atoms with Gasteiger partial charge in [-0.15, -0.1) is 5.10 Å². The molecule has 2 unspecified atom stereocenters. The lowest BCUT2D eigenvalue weighted by Gasteiger charge is -2.43. The Kier molecular flexibility index (Phi) is 7.81. The number of benzene rings is 3. The Morgan fingerprint density at radius 1 is 1.07 bits per heavy atom. The van der Waals surface area contributed by atoms with Crippen molar-refractivity contribution >= 4 is 44.7 Å². The molecule has 10 nitrogen and oxygen atoms in total. The summed E-state index contributed by atoms with van der Waals surface area (Å²) < 4.78 is 9.15. The number of hydrogen-bond acceptors (Lipinski definition) is 6. The Morgan fingerprint density at radius 2 is 1.87 bits per heavy atom. The number of nitrogens with zero attached hydrogens (tertiary/aromatic N) is 5. The van der Waals surface area contributed by atoms with Gasteiger partial charge in [-0.2, -0.15) is 0 Å². The lowest BCUT2D eigenvalue weighted by atomic mass is 9.77. The van der Waals surface area contributed by atoms with E-state index < -0.39 is 23.8 Å². The number of aromatic nitrogens is 3. The number of carboxylic acid groups (broad SMARTS) is 1. The minimum absolute atomic E-state index is 0.0686. The van der Waals surface area contributed by atoms with Crippen LogP contribution in [0.5, 0.6) is 5.75 Å². The van der Waals surface area contributed by atoms with Crippen molar-refractivity contribution < 1.29 is 24.2 Å². The van der Waals surface area contributed by atoms with Gasteiger partial charge < -0.3 is 19.6 Å². The van der Waals surface area contributed by atoms with Crippen molar-refractivity contribution in [2.75, 3.05) is 13.1 Å². The number of fused-ring (bicyclic) bond motifs is 3. The molecule has 0 saturated heterocycles. The van der Waals surface area contributed by atoms with Gasteiger partial charge in [0.1, 0.15) is 17.9 Å². The lowest BCUT2D eigenvalue weighted by molar-refractivity contribution is -0.153. The summed E-state index contributed by atoms with van der Waals surface area (Å²) in [5.74, 6) is -1.80. The predicted octanol–water partition coefficient (Wildman–Crippen LogP) is 5.28. The maximum absolute atomic E-state index is 14.4. The molecule has 1 saturated carbocycles. The molecule has 45 heavy (non-hydrogen) atoms. The highest BCUT2D eigenvalue weighted by Crippen LogP contribution is 2.44. The smallest absolute Gasteiger partial charge is 0.307 e. The maximum atomic E-state index is 14.4. The predicted molar refractivity (Wildman–Crippen MR) is 169 cm³/mol. The zero-order valence-corrected chi connectivity index (χ0v) is 26.6. The van der Waals surface area contributed by atoms with Crippen LogP contribution in [0.1, 0.15) is 64.3 Å². The van der Waals surface area contributed by atoms with E-state index in [0.29, 0.717) is 43.7 Å². The molecule has 232 valence electrons. The van der Waals surface area contributed by atoms with Crippen molar-refractivity contribution in [1.82, 2.24) is 24.8 Å². The second-order valence-corrected chi connectivity index (χ2v) is 13.1. The fraction of sp³-hybridized carbons (Fsp3) is 0.382. The minimum Gasteiger partial charge on any atom is -0.489 e. The number of rotatable bonds is 7. The summed E-state index contributed by atoms with van der Waals surface area (Å²) in [6.07, 6.45) is 3.26. The van der Waals surface area contributed by atoms with Crippen molar-refractivity contribution in [2.24, 2.45) is 18.9 Å². The van der Waals surface area contributed by atoms with Gasteiger partial charge in [-0.25, -0.2) is 4.68 Å². The highest BCUT2D eigenvalue weighted by atomic mass is 79.9. The quantitative estimate of drug-likeness (QED) is 0.284. The first-order valence-corrected chi connectivity index (χ1v) is 16.2. The molecule has 3 atom stereocenters. The Balaban J connectivity index is 1.25. The highest BCUT2D eigenvalue weighted by Gasteiger charge is 2.44. The summed E-state index contributed by atoms with van der Waals surface area (Å²) >= 11 is 3.74. The number of halogens is 1. The number of amides is 2. The molecular formula is C34H34BrN5O5. The van der Waals surface area contributed by atoms with Crippen molar-refractivity contribution in [3.63, 3.8) is 0 Å². The normalized spacial score (nSPS) is 21.1. The van der Waals surface area contributed by atoms with Gasteiger partial charge in [0.25, 0.3) is 5.91 Å². The van der Waals surface area contributed by atoms with Gasteiger partial charge >= 0.3 is 5.97 Å². The number of carbonyl (C=O) groups excluding carboxylic acids is 2. The fourth-order valence-corrected chi connectivity index (χ4v) is 7.85. The number of hydrogen-bond donors (Lipinski definition) is 1. The third kappa shape index (κ3) is 5.37. The number of aliphatic carboxylic acids is 1. The maximum Gasteiger partial charge on any atom is 0.307 e. The first-order chi connectivity index (χ1) is 21.8. The van der Waals surface area contributed by atoms with E-state index in [-0.39, 0.29) is 25.0 Å². The van der Waals surface area contributed by atoms with Crippen LogP contribution in [0, 0.1) is 11.8 Å². The van der Waals surface area contributed by atoms with Gasteiger partial charge in [-0.05, 0) is 66.3 Å². The molecule has 0 radical (unpaired) electrons. The molecular weight excluding hydrogens is 638 g/mol. The van der Waals surface area contributed by atoms with Crippen molar-refractivity contribution in [3.8, 4) is 5.75 Å². The molecule has 3 aliphatic rings. The summed E-state index contributed by atoms with van der Waals surface area (Å²) in [5, 5.41) is 18.3. The molecule has 3 heterocycles. The average Bonchev–Trinajstić information content (AvgIpc) is 3.58. The molecule has 4 aromatic rings. The van der Waals surface area contributed by atoms with Crippen LogP contribution in [-0.4, -0.2) is 60.8 Å². The second kappa shape index (κ2) is 11.9. The monoisotopic (exact) mass is 671 g/mol. The highest BCUT2D eigenvalue weighted by molar-refractivity contribution is 9.10. The van der Waals surface area contributed by atoms with Crippen LogP contribution in [0.25, 0.3) is 11.0 Å². The SMILES string of the molecule is Cn1nnc2cc(COc3ccc(Br)c4c3[C@@H](CN3Cc5ccccc5C3=O)N(C(=O)C3CCCCC3C(=O)O)CC4)ccc21. The molecule has 3 aromatic carbocycles. The Bertz CT molecular complexity index is 1820. The van der Waals surface area contributed by atoms with Crippen molar-refractivity contribution in [2.45, 2.75) is 51.3 Å². The molecule has 1 fully saturated rings. The van der Waals surface area contributed by atoms with E-state index in [4.69, 9.17) is 4.74 Å². The summed E-state index contributed by atoms with van der Waals surface area (Å²) in [4.78, 5) is 43.8. The summed E-state index contributed by atoms with van der Waals surface area (Å²) in [6.45, 7) is 1.43. The van der Waals surface area contributed by atoms with Gasteiger partial charge in [-0.3, -0.25) is 14.4 Å². The molecule has 2 aliphatic heterocycles. The molecule has 7 rings (SSSR count). The van der Waals surface area contributed by atoms with Gasteiger partial charge in [-0.1, -0.05) is 58.3 Å². The fourth-order valence-electron chi connectivity index (χ4n) is 7.30. The zero-order chi connectivity index (χ0) is 31.2. The van der Waals surface area contributed by atoms with Crippen LogP contribution >= 0.6 is 15.9 Å². The third-order valence-corrected chi connectivity index (χ3v) is 10.4. The average molecular weight is 673 g/mol. The van der Waals surface area contributed by atoms with Gasteiger partial charge in [0.05, 0.1) is 23.4 Å². The van der Waals surface area contributed by atoms with E-state index in [9.17, 15) is 19.5 Å². The van der Waals surface area contributed by atoms with Crippen molar-refractivity contribution in [1.29, 1.82) is 0 Å². The Morgan fingerprint density at radius 3 is 2.67 bits per heavy atom. The van der Waals surface area contributed by atoms with Crippen LogP contribution in [-0.2, 0) is 36.2 Å². The van der Waals surface area contributed by atoms with E-state index in [1.165, 1.54) is 0 Å². The first-order valence-electron chi connectivity index (χ1n) is 15.4. The molecule has 0 bridgehead atoms. The minimum atomic E-state index is -0.918. The number of aryl methyl sites for hydroxylation is 1. The van der Waals surface area contributed by atoms with Gasteiger partial charge in [0, 0.05) is 42.3 Å². The van der Waals surface area contributed by atoms with Gasteiger partial charge in [0.15, 0.2) is 0 Å². The standard InChI is InChI=1S/C34H34BrN5O5/c1-38-28-12-10-20(16-27(28)36-37-38)19-45-30-13-11-26(35)25-14-15-40(33(42)23-8-4-5-9-24(23)34(43)44)29(31(25)30)18-39-17-21-6-2-3-7-22(21)32(39)41/h2-3,6-7,10-13,16,23-24,29H,4-5,8-9,14-15,17-19H2,1H3,(H,43,44)/t23?,24?,29-/m1/s1. The molecule has 0 spiro atoms. The van der Waals surface area contributed by atoms with E-state index in [1.807, 2.05) is 66.5 Å². The molecule has 1 N–H and O–H groups in total.